The van der Waals surface area contributed by atoms with Crippen LogP contribution in [0.1, 0.15) is 12.5 Å². The summed E-state index contributed by atoms with van der Waals surface area (Å²) in [5.41, 5.74) is 1.10. The molecule has 0 fully saturated rings. The average molecular weight is 193 g/mol. The minimum atomic E-state index is -0.656. The van der Waals surface area contributed by atoms with Crippen molar-refractivity contribution in [1.29, 1.82) is 0 Å². The lowest BCUT2D eigenvalue weighted by molar-refractivity contribution is -0.111. The Labute approximate surface area is 83.8 Å². The number of carbonyl (C=O) groups excluding carboxylic acids is 1. The first-order valence-electron chi connectivity index (χ1n) is 4.64. The molecule has 0 aliphatic heterocycles. The van der Waals surface area contributed by atoms with Crippen molar-refractivity contribution in [2.45, 2.75) is 25.6 Å². The Morgan fingerprint density at radius 2 is 2.07 bits per heavy atom. The fourth-order valence-electron chi connectivity index (χ4n) is 1.16. The number of aliphatic hydroxyl groups is 1. The second kappa shape index (κ2) is 5.52. The summed E-state index contributed by atoms with van der Waals surface area (Å²) >= 11 is 0. The van der Waals surface area contributed by atoms with E-state index in [1.54, 1.807) is 6.92 Å². The van der Waals surface area contributed by atoms with Crippen LogP contribution in [0.15, 0.2) is 30.3 Å². The van der Waals surface area contributed by atoms with E-state index >= 15 is 0 Å². The number of nitrogens with one attached hydrogen (secondary N) is 1. The van der Waals surface area contributed by atoms with E-state index < -0.39 is 12.1 Å². The zero-order valence-corrected chi connectivity index (χ0v) is 8.18. The molecule has 1 aromatic rings. The van der Waals surface area contributed by atoms with E-state index in [9.17, 15) is 9.90 Å². The van der Waals surface area contributed by atoms with Crippen LogP contribution < -0.4 is 5.32 Å². The second-order valence-corrected chi connectivity index (χ2v) is 3.27. The molecule has 3 nitrogen and oxygen atoms in total. The van der Waals surface area contributed by atoms with E-state index in [2.05, 4.69) is 5.32 Å². The molecule has 0 saturated heterocycles. The number of rotatable bonds is 5. The summed E-state index contributed by atoms with van der Waals surface area (Å²) in [6, 6.07) is 9.27. The van der Waals surface area contributed by atoms with Crippen LogP contribution in [-0.4, -0.2) is 23.5 Å². The molecule has 0 spiro atoms. The second-order valence-electron chi connectivity index (χ2n) is 3.27. The quantitative estimate of drug-likeness (QED) is 0.678. The van der Waals surface area contributed by atoms with Crippen molar-refractivity contribution < 1.29 is 9.90 Å². The van der Waals surface area contributed by atoms with Gasteiger partial charge in [-0.25, -0.2) is 0 Å². The monoisotopic (exact) mass is 193 g/mol. The van der Waals surface area contributed by atoms with Crippen molar-refractivity contribution >= 4 is 6.29 Å². The molecule has 2 N–H and O–H groups in total. The van der Waals surface area contributed by atoms with Gasteiger partial charge in [0.25, 0.3) is 0 Å². The highest BCUT2D eigenvalue weighted by Gasteiger charge is 2.11. The number of hydrogen-bond acceptors (Lipinski definition) is 3. The van der Waals surface area contributed by atoms with Gasteiger partial charge < -0.3 is 15.2 Å². The average Bonchev–Trinajstić information content (AvgIpc) is 2.20. The molecule has 0 aliphatic carbocycles. The molecule has 3 heteroatoms. The Morgan fingerprint density at radius 3 is 2.57 bits per heavy atom. The van der Waals surface area contributed by atoms with Crippen molar-refractivity contribution in [3.63, 3.8) is 0 Å². The van der Waals surface area contributed by atoms with Crippen LogP contribution in [0, 0.1) is 0 Å². The van der Waals surface area contributed by atoms with Crippen LogP contribution in [0.2, 0.25) is 0 Å². The lowest BCUT2D eigenvalue weighted by Crippen LogP contribution is -2.39. The Hall–Kier alpha value is -1.19. The molecular weight excluding hydrogens is 178 g/mol. The van der Waals surface area contributed by atoms with E-state index in [1.807, 2.05) is 30.3 Å². The molecule has 1 aromatic carbocycles. The highest BCUT2D eigenvalue weighted by Crippen LogP contribution is 1.98. The van der Waals surface area contributed by atoms with Crippen LogP contribution in [0.5, 0.6) is 0 Å². The van der Waals surface area contributed by atoms with Crippen LogP contribution in [-0.2, 0) is 11.3 Å². The van der Waals surface area contributed by atoms with Crippen molar-refractivity contribution in [3.8, 4) is 0 Å². The first-order chi connectivity index (χ1) is 6.74. The molecule has 0 aliphatic rings. The van der Waals surface area contributed by atoms with Gasteiger partial charge in [0, 0.05) is 6.54 Å². The van der Waals surface area contributed by atoms with Gasteiger partial charge in [0.15, 0.2) is 0 Å². The third-order valence-corrected chi connectivity index (χ3v) is 2.05. The Morgan fingerprint density at radius 1 is 1.43 bits per heavy atom. The SMILES string of the molecule is C[C@@H](O)[C@@H](C=O)NCc1ccccc1. The Balaban J connectivity index is 2.43. The Kier molecular flexibility index (Phi) is 4.29. The normalized spacial score (nSPS) is 14.7. The maximum Gasteiger partial charge on any atom is 0.139 e. The fraction of sp³-hybridized carbons (Fsp3) is 0.364. The van der Waals surface area contributed by atoms with Gasteiger partial charge in [-0.05, 0) is 12.5 Å². The van der Waals surface area contributed by atoms with E-state index in [4.69, 9.17) is 0 Å². The fourth-order valence-corrected chi connectivity index (χ4v) is 1.16. The molecule has 0 bridgehead atoms. The van der Waals surface area contributed by atoms with Crippen LogP contribution in [0.3, 0.4) is 0 Å². The summed E-state index contributed by atoms with van der Waals surface area (Å²) in [6.45, 7) is 2.19. The number of hydrogen-bond donors (Lipinski definition) is 2. The lowest BCUT2D eigenvalue weighted by atomic mass is 10.1. The van der Waals surface area contributed by atoms with Crippen molar-refractivity contribution in [3.05, 3.63) is 35.9 Å². The van der Waals surface area contributed by atoms with Crippen LogP contribution >= 0.6 is 0 Å². The zero-order valence-electron chi connectivity index (χ0n) is 8.18. The minimum absolute atomic E-state index is 0.491. The van der Waals surface area contributed by atoms with Crippen molar-refractivity contribution in [1.82, 2.24) is 5.32 Å². The standard InChI is InChI=1S/C11H15NO2/c1-9(14)11(8-13)12-7-10-5-3-2-4-6-10/h2-6,8-9,11-12,14H,7H2,1H3/t9-,11-/m1/s1. The molecule has 0 radical (unpaired) electrons. The summed E-state index contributed by atoms with van der Waals surface area (Å²) in [4.78, 5) is 10.5. The van der Waals surface area contributed by atoms with E-state index in [0.717, 1.165) is 11.8 Å². The van der Waals surface area contributed by atoms with Gasteiger partial charge in [-0.1, -0.05) is 30.3 Å². The molecule has 0 aromatic heterocycles. The largest absolute Gasteiger partial charge is 0.391 e. The maximum absolute atomic E-state index is 10.5. The summed E-state index contributed by atoms with van der Waals surface area (Å²) in [5.74, 6) is 0. The number of benzene rings is 1. The number of carbonyl (C=O) groups is 1. The smallest absolute Gasteiger partial charge is 0.139 e. The molecule has 0 saturated carbocycles. The van der Waals surface area contributed by atoms with Crippen molar-refractivity contribution in [2.75, 3.05) is 0 Å². The molecule has 2 atom stereocenters. The van der Waals surface area contributed by atoms with Gasteiger partial charge in [0.1, 0.15) is 6.29 Å². The molecule has 0 amide bonds. The highest BCUT2D eigenvalue weighted by atomic mass is 16.3. The Bertz CT molecular complexity index is 272. The van der Waals surface area contributed by atoms with Crippen molar-refractivity contribution in [2.24, 2.45) is 0 Å². The topological polar surface area (TPSA) is 49.3 Å². The predicted molar refractivity (Wildman–Crippen MR) is 54.8 cm³/mol. The van der Waals surface area contributed by atoms with Gasteiger partial charge in [0.2, 0.25) is 0 Å². The predicted octanol–water partition coefficient (Wildman–Crippen LogP) is 0.724. The zero-order chi connectivity index (χ0) is 10.4. The van der Waals surface area contributed by atoms with E-state index in [1.165, 1.54) is 0 Å². The lowest BCUT2D eigenvalue weighted by Gasteiger charge is -2.14. The molecule has 14 heavy (non-hydrogen) atoms. The third kappa shape index (κ3) is 3.28. The molecule has 1 rings (SSSR count). The first kappa shape index (κ1) is 10.9. The number of aliphatic hydroxyl groups excluding tert-OH is 1. The summed E-state index contributed by atoms with van der Waals surface area (Å²) in [5, 5.41) is 12.2. The van der Waals surface area contributed by atoms with Gasteiger partial charge in [0.05, 0.1) is 12.1 Å². The van der Waals surface area contributed by atoms with Crippen LogP contribution in [0.4, 0.5) is 0 Å². The number of aldehydes is 1. The van der Waals surface area contributed by atoms with E-state index in [-0.39, 0.29) is 0 Å². The summed E-state index contributed by atoms with van der Waals surface area (Å²) in [7, 11) is 0. The molecule has 0 unspecified atom stereocenters. The summed E-state index contributed by atoms with van der Waals surface area (Å²) < 4.78 is 0. The first-order valence-corrected chi connectivity index (χ1v) is 4.64. The van der Waals surface area contributed by atoms with Gasteiger partial charge in [-0.2, -0.15) is 0 Å². The van der Waals surface area contributed by atoms with Crippen LogP contribution in [0.25, 0.3) is 0 Å². The maximum atomic E-state index is 10.5. The minimum Gasteiger partial charge on any atom is -0.391 e. The molecule has 76 valence electrons. The van der Waals surface area contributed by atoms with Gasteiger partial charge >= 0.3 is 0 Å². The van der Waals surface area contributed by atoms with Gasteiger partial charge in [-0.3, -0.25) is 0 Å². The molecule has 0 heterocycles. The summed E-state index contributed by atoms with van der Waals surface area (Å²) in [6.07, 6.45) is 0.0735. The van der Waals surface area contributed by atoms with E-state index in [0.29, 0.717) is 6.54 Å². The van der Waals surface area contributed by atoms with Gasteiger partial charge in [-0.15, -0.1) is 0 Å². The highest BCUT2D eigenvalue weighted by molar-refractivity contribution is 5.58. The molecular formula is C11H15NO2. The third-order valence-electron chi connectivity index (χ3n) is 2.05.